The van der Waals surface area contributed by atoms with Gasteiger partial charge in [0.15, 0.2) is 12.4 Å². The summed E-state index contributed by atoms with van der Waals surface area (Å²) in [5.74, 6) is -0.210. The first-order valence-electron chi connectivity index (χ1n) is 6.64. The molecule has 0 radical (unpaired) electrons. The van der Waals surface area contributed by atoms with E-state index in [1.807, 2.05) is 0 Å². The van der Waals surface area contributed by atoms with Gasteiger partial charge in [0.1, 0.15) is 19.0 Å². The molecule has 122 valence electrons. The minimum absolute atomic E-state index is 0.0518. The average molecular weight is 321 g/mol. The Kier molecular flexibility index (Phi) is 5.64. The number of hydrogen-bond donors (Lipinski definition) is 2. The van der Waals surface area contributed by atoms with Crippen LogP contribution in [0.5, 0.6) is 5.75 Å². The molecule has 0 saturated carbocycles. The smallest absolute Gasteiger partial charge is 0.341 e. The third kappa shape index (κ3) is 5.75. The second-order valence-electron chi connectivity index (χ2n) is 4.48. The van der Waals surface area contributed by atoms with E-state index in [1.54, 1.807) is 31.2 Å². The minimum Gasteiger partial charge on any atom is -0.482 e. The van der Waals surface area contributed by atoms with E-state index in [0.29, 0.717) is 23.2 Å². The van der Waals surface area contributed by atoms with Gasteiger partial charge in [-0.05, 0) is 31.2 Å². The Balaban J connectivity index is 1.73. The highest BCUT2D eigenvalue weighted by molar-refractivity contribution is 5.91. The molecule has 2 rings (SSSR count). The van der Waals surface area contributed by atoms with Crippen LogP contribution in [0.2, 0.25) is 0 Å². The third-order valence-electron chi connectivity index (χ3n) is 2.53. The molecule has 0 fully saturated rings. The van der Waals surface area contributed by atoms with Crippen LogP contribution in [0.25, 0.3) is 0 Å². The molecule has 0 aliphatic carbocycles. The summed E-state index contributed by atoms with van der Waals surface area (Å²) in [6, 6.07) is 6.30. The molecule has 2 aromatic rings. The molecule has 0 aliphatic rings. The van der Waals surface area contributed by atoms with Crippen LogP contribution in [0.15, 0.2) is 28.8 Å². The highest BCUT2D eigenvalue weighted by atomic mass is 16.5. The van der Waals surface area contributed by atoms with Crippen LogP contribution >= 0.6 is 0 Å². The fourth-order valence-electron chi connectivity index (χ4n) is 1.61. The van der Waals surface area contributed by atoms with Crippen molar-refractivity contribution in [1.29, 1.82) is 0 Å². The van der Waals surface area contributed by atoms with Crippen molar-refractivity contribution in [1.82, 2.24) is 10.1 Å². The van der Waals surface area contributed by atoms with Gasteiger partial charge in [-0.1, -0.05) is 5.16 Å². The Bertz CT molecular complexity index is 667. The van der Waals surface area contributed by atoms with E-state index >= 15 is 0 Å². The molecule has 0 atom stereocenters. The number of nitrogens with zero attached hydrogens (tertiary/aromatic N) is 2. The van der Waals surface area contributed by atoms with Crippen molar-refractivity contribution in [2.45, 2.75) is 13.5 Å². The predicted molar refractivity (Wildman–Crippen MR) is 76.9 cm³/mol. The Labute approximate surface area is 131 Å². The highest BCUT2D eigenvalue weighted by Gasteiger charge is 2.07. The van der Waals surface area contributed by atoms with Crippen molar-refractivity contribution in [2.24, 2.45) is 0 Å². The van der Waals surface area contributed by atoms with Crippen LogP contribution in [0.1, 0.15) is 11.7 Å². The molecule has 1 aromatic carbocycles. The number of hydrogen-bond acceptors (Lipinski definition) is 7. The number of nitrogens with one attached hydrogen (secondary N) is 1. The number of aliphatic carboxylic acids is 1. The van der Waals surface area contributed by atoms with Crippen molar-refractivity contribution >= 4 is 17.6 Å². The summed E-state index contributed by atoms with van der Waals surface area (Å²) in [6.45, 7) is 1.15. The van der Waals surface area contributed by atoms with Crippen molar-refractivity contribution < 1.29 is 28.7 Å². The van der Waals surface area contributed by atoms with Crippen LogP contribution in [-0.4, -0.2) is 40.3 Å². The summed E-state index contributed by atoms with van der Waals surface area (Å²) in [7, 11) is 0. The number of anilines is 1. The first-order valence-corrected chi connectivity index (χ1v) is 6.64. The van der Waals surface area contributed by atoms with Gasteiger partial charge in [-0.15, -0.1) is 0 Å². The first kappa shape index (κ1) is 16.4. The molecule has 0 aliphatic heterocycles. The van der Waals surface area contributed by atoms with Gasteiger partial charge < -0.3 is 24.4 Å². The second-order valence-corrected chi connectivity index (χ2v) is 4.48. The van der Waals surface area contributed by atoms with Gasteiger partial charge in [0, 0.05) is 5.69 Å². The topological polar surface area (TPSA) is 124 Å². The predicted octanol–water partition coefficient (Wildman–Crippen LogP) is 0.997. The number of benzene rings is 1. The Morgan fingerprint density at radius 1 is 1.26 bits per heavy atom. The van der Waals surface area contributed by atoms with Gasteiger partial charge >= 0.3 is 5.97 Å². The average Bonchev–Trinajstić information content (AvgIpc) is 2.92. The number of rotatable bonds is 8. The van der Waals surface area contributed by atoms with Crippen LogP contribution in [0.4, 0.5) is 5.69 Å². The van der Waals surface area contributed by atoms with E-state index in [1.165, 1.54) is 0 Å². The molecular weight excluding hydrogens is 306 g/mol. The van der Waals surface area contributed by atoms with Gasteiger partial charge in [0.05, 0.1) is 0 Å². The SMILES string of the molecule is Cc1noc(COCC(=O)Nc2ccc(OCC(=O)O)cc2)n1. The van der Waals surface area contributed by atoms with Crippen molar-refractivity contribution in [3.8, 4) is 5.75 Å². The standard InChI is InChI=1S/C14H15N3O6/c1-9-15-13(23-17-9)7-21-6-12(18)16-10-2-4-11(5-3-10)22-8-14(19)20/h2-5H,6-8H2,1H3,(H,16,18)(H,19,20). The number of aromatic nitrogens is 2. The van der Waals surface area contributed by atoms with E-state index < -0.39 is 12.6 Å². The molecular formula is C14H15N3O6. The van der Waals surface area contributed by atoms with Gasteiger partial charge in [-0.2, -0.15) is 4.98 Å². The summed E-state index contributed by atoms with van der Waals surface area (Å²) >= 11 is 0. The van der Waals surface area contributed by atoms with Gasteiger partial charge in [-0.25, -0.2) is 4.79 Å². The highest BCUT2D eigenvalue weighted by Crippen LogP contribution is 2.15. The summed E-state index contributed by atoms with van der Waals surface area (Å²) < 4.78 is 15.0. The molecule has 0 bridgehead atoms. The molecule has 9 nitrogen and oxygen atoms in total. The van der Waals surface area contributed by atoms with Crippen LogP contribution in [-0.2, 0) is 20.9 Å². The van der Waals surface area contributed by atoms with Crippen LogP contribution in [0.3, 0.4) is 0 Å². The van der Waals surface area contributed by atoms with Crippen LogP contribution < -0.4 is 10.1 Å². The summed E-state index contributed by atoms with van der Waals surface area (Å²) in [4.78, 5) is 26.0. The maximum absolute atomic E-state index is 11.7. The van der Waals surface area contributed by atoms with Gasteiger partial charge in [0.2, 0.25) is 5.91 Å². The number of ether oxygens (including phenoxy) is 2. The molecule has 1 heterocycles. The zero-order valence-electron chi connectivity index (χ0n) is 12.3. The van der Waals surface area contributed by atoms with E-state index in [4.69, 9.17) is 19.1 Å². The first-order chi connectivity index (χ1) is 11.0. The Hall–Kier alpha value is -2.94. The van der Waals surface area contributed by atoms with E-state index in [0.717, 1.165) is 0 Å². The van der Waals surface area contributed by atoms with Crippen molar-refractivity contribution in [2.75, 3.05) is 18.5 Å². The molecule has 2 N–H and O–H groups in total. The normalized spacial score (nSPS) is 10.3. The molecule has 9 heteroatoms. The number of carboxylic acid groups (broad SMARTS) is 1. The summed E-state index contributed by atoms with van der Waals surface area (Å²) in [5.41, 5.74) is 0.537. The minimum atomic E-state index is -1.06. The Morgan fingerprint density at radius 2 is 2.00 bits per heavy atom. The van der Waals surface area contributed by atoms with Gasteiger partial charge in [-0.3, -0.25) is 4.79 Å². The largest absolute Gasteiger partial charge is 0.482 e. The van der Waals surface area contributed by atoms with E-state index in [2.05, 4.69) is 15.5 Å². The molecule has 0 spiro atoms. The lowest BCUT2D eigenvalue weighted by atomic mass is 10.3. The summed E-state index contributed by atoms with van der Waals surface area (Å²) in [5, 5.41) is 14.7. The number of carbonyl (C=O) groups is 2. The lowest BCUT2D eigenvalue weighted by Gasteiger charge is -2.07. The fraction of sp³-hybridized carbons (Fsp3) is 0.286. The zero-order chi connectivity index (χ0) is 16.7. The summed E-state index contributed by atoms with van der Waals surface area (Å²) in [6.07, 6.45) is 0. The number of carboxylic acids is 1. The van der Waals surface area contributed by atoms with Crippen molar-refractivity contribution in [3.05, 3.63) is 36.0 Å². The fourth-order valence-corrected chi connectivity index (χ4v) is 1.61. The second kappa shape index (κ2) is 7.90. The maximum atomic E-state index is 11.7. The third-order valence-corrected chi connectivity index (χ3v) is 2.53. The maximum Gasteiger partial charge on any atom is 0.341 e. The molecule has 23 heavy (non-hydrogen) atoms. The monoisotopic (exact) mass is 321 g/mol. The van der Waals surface area contributed by atoms with Gasteiger partial charge in [0.25, 0.3) is 5.89 Å². The quantitative estimate of drug-likeness (QED) is 0.738. The molecule has 1 aromatic heterocycles. The van der Waals surface area contributed by atoms with Crippen molar-refractivity contribution in [3.63, 3.8) is 0 Å². The number of amides is 1. The number of aryl methyl sites for hydroxylation is 1. The van der Waals surface area contributed by atoms with Crippen LogP contribution in [0, 0.1) is 6.92 Å². The van der Waals surface area contributed by atoms with E-state index in [9.17, 15) is 9.59 Å². The molecule has 0 unspecified atom stereocenters. The lowest BCUT2D eigenvalue weighted by Crippen LogP contribution is -2.18. The Morgan fingerprint density at radius 3 is 2.61 bits per heavy atom. The number of carbonyl (C=O) groups excluding carboxylic acids is 1. The molecule has 1 amide bonds. The zero-order valence-corrected chi connectivity index (χ0v) is 12.3. The lowest BCUT2D eigenvalue weighted by molar-refractivity contribution is -0.139. The van der Waals surface area contributed by atoms with E-state index in [-0.39, 0.29) is 19.1 Å². The molecule has 0 saturated heterocycles.